The molecular weight excluding hydrogens is 739 g/mol. The van der Waals surface area contributed by atoms with Crippen LogP contribution >= 0.6 is 11.3 Å². The molecule has 0 saturated carbocycles. The lowest BCUT2D eigenvalue weighted by molar-refractivity contribution is 0.662. The van der Waals surface area contributed by atoms with Gasteiger partial charge in [0.15, 0.2) is 17.5 Å². The number of fused-ring (bicyclic) bond motifs is 9. The first kappa shape index (κ1) is 33.9. The van der Waals surface area contributed by atoms with Crippen LogP contribution in [0, 0.1) is 0 Å². The zero-order chi connectivity index (χ0) is 39.2. The summed E-state index contributed by atoms with van der Waals surface area (Å²) in [5.74, 6) is 1.86. The summed E-state index contributed by atoms with van der Waals surface area (Å²) in [7, 11) is 0. The van der Waals surface area contributed by atoms with Gasteiger partial charge in [0.1, 0.15) is 11.2 Å². The molecule has 0 radical (unpaired) electrons. The van der Waals surface area contributed by atoms with E-state index >= 15 is 0 Å². The van der Waals surface area contributed by atoms with Gasteiger partial charge >= 0.3 is 0 Å². The van der Waals surface area contributed by atoms with E-state index in [2.05, 4.69) is 172 Å². The zero-order valence-electron chi connectivity index (χ0n) is 32.4. The van der Waals surface area contributed by atoms with E-state index in [1.807, 2.05) is 18.2 Å². The molecule has 0 atom stereocenters. The van der Waals surface area contributed by atoms with Crippen LogP contribution in [0.1, 0.15) is 25.0 Å². The number of rotatable bonds is 5. The van der Waals surface area contributed by atoms with Crippen LogP contribution in [0.25, 0.3) is 110 Å². The maximum atomic E-state index is 6.60. The van der Waals surface area contributed by atoms with Crippen molar-refractivity contribution in [2.45, 2.75) is 19.3 Å². The first-order chi connectivity index (χ1) is 29.0. The molecule has 0 N–H and O–H groups in total. The second kappa shape index (κ2) is 12.9. The Hall–Kier alpha value is -7.21. The molecule has 0 aliphatic heterocycles. The Labute approximate surface area is 345 Å². The van der Waals surface area contributed by atoms with Crippen molar-refractivity contribution < 1.29 is 4.42 Å². The molecule has 0 unspecified atom stereocenters. The summed E-state index contributed by atoms with van der Waals surface area (Å²) in [6.45, 7) is 4.69. The van der Waals surface area contributed by atoms with Gasteiger partial charge in [-0.05, 0) is 74.8 Å². The number of hydrogen-bond donors (Lipinski definition) is 0. The highest BCUT2D eigenvalue weighted by Gasteiger charge is 2.37. The molecule has 8 aromatic carbocycles. The minimum absolute atomic E-state index is 0.144. The van der Waals surface area contributed by atoms with Gasteiger partial charge in [-0.3, -0.25) is 0 Å². The topological polar surface area (TPSA) is 51.8 Å². The third-order valence-corrected chi connectivity index (χ3v) is 13.4. The highest BCUT2D eigenvalue weighted by atomic mass is 32.1. The lowest BCUT2D eigenvalue weighted by Gasteiger charge is -2.24. The summed E-state index contributed by atoms with van der Waals surface area (Å²) in [5, 5.41) is 4.46. The van der Waals surface area contributed by atoms with Gasteiger partial charge in [-0.25, -0.2) is 15.0 Å². The average Bonchev–Trinajstić information content (AvgIpc) is 3.94. The number of benzene rings is 8. The molecule has 0 spiro atoms. The molecule has 59 heavy (non-hydrogen) atoms. The van der Waals surface area contributed by atoms with Crippen LogP contribution in [-0.4, -0.2) is 15.0 Å². The van der Waals surface area contributed by atoms with Crippen molar-refractivity contribution in [1.82, 2.24) is 15.0 Å². The SMILES string of the molecule is CC1(C)c2ccccc2-c2cccc(-c3ccc4oc5cccc(-c6nc(-c7ccc(-c8ccccc8)cc7)nc(-c7cccc8c7sc7ccccc78)n6)c5c4c3)c21. The fraction of sp³-hybridized carbons (Fsp3) is 0.0556. The first-order valence-electron chi connectivity index (χ1n) is 20.0. The lowest BCUT2D eigenvalue weighted by Crippen LogP contribution is -2.16. The van der Waals surface area contributed by atoms with Crippen molar-refractivity contribution in [3.05, 3.63) is 187 Å². The van der Waals surface area contributed by atoms with Gasteiger partial charge in [0, 0.05) is 53.1 Å². The van der Waals surface area contributed by atoms with Crippen LogP contribution in [0.4, 0.5) is 0 Å². The van der Waals surface area contributed by atoms with Crippen molar-refractivity contribution in [1.29, 1.82) is 0 Å². The summed E-state index contributed by atoms with van der Waals surface area (Å²) >= 11 is 1.78. The van der Waals surface area contributed by atoms with Crippen molar-refractivity contribution in [3.63, 3.8) is 0 Å². The van der Waals surface area contributed by atoms with E-state index < -0.39 is 0 Å². The van der Waals surface area contributed by atoms with Gasteiger partial charge < -0.3 is 4.42 Å². The molecule has 1 aliphatic carbocycles. The minimum Gasteiger partial charge on any atom is -0.456 e. The lowest BCUT2D eigenvalue weighted by atomic mass is 9.79. The molecule has 0 bridgehead atoms. The van der Waals surface area contributed by atoms with Crippen LogP contribution in [-0.2, 0) is 5.41 Å². The monoisotopic (exact) mass is 773 g/mol. The van der Waals surface area contributed by atoms with Crippen molar-refractivity contribution in [3.8, 4) is 67.5 Å². The summed E-state index contributed by atoms with van der Waals surface area (Å²) in [6, 6.07) is 62.3. The van der Waals surface area contributed by atoms with E-state index in [1.165, 1.54) is 48.9 Å². The molecule has 0 saturated heterocycles. The zero-order valence-corrected chi connectivity index (χ0v) is 33.2. The first-order valence-corrected chi connectivity index (χ1v) is 20.8. The van der Waals surface area contributed by atoms with E-state index in [9.17, 15) is 0 Å². The van der Waals surface area contributed by atoms with Crippen LogP contribution in [0.5, 0.6) is 0 Å². The van der Waals surface area contributed by atoms with Gasteiger partial charge in [0.25, 0.3) is 0 Å². The van der Waals surface area contributed by atoms with Gasteiger partial charge in [-0.1, -0.05) is 159 Å². The Morgan fingerprint density at radius 2 is 1.03 bits per heavy atom. The van der Waals surface area contributed by atoms with Crippen LogP contribution in [0.2, 0.25) is 0 Å². The Morgan fingerprint density at radius 1 is 0.424 bits per heavy atom. The molecule has 5 heteroatoms. The second-order valence-corrected chi connectivity index (χ2v) is 17.0. The minimum atomic E-state index is -0.144. The third-order valence-electron chi connectivity index (χ3n) is 12.2. The largest absolute Gasteiger partial charge is 0.456 e. The number of aromatic nitrogens is 3. The van der Waals surface area contributed by atoms with Crippen LogP contribution in [0.3, 0.4) is 0 Å². The Bertz CT molecular complexity index is 3470. The molecule has 0 fully saturated rings. The fourth-order valence-electron chi connectivity index (χ4n) is 9.38. The standard InChI is InChI=1S/C54H35N3OS/c1-54(2)44-22-8-6-15-37(44)39-18-10-17-36(49(39)54)35-29-30-45-43(31-35)48-41(20-12-23-46(48)58-45)52-55-51(34-27-25-33(26-28-34)32-13-4-3-5-14-32)56-53(57-52)42-21-11-19-40-38-16-7-9-24-47(38)59-50(40)42/h3-31H,1-2H3. The highest BCUT2D eigenvalue weighted by molar-refractivity contribution is 7.26. The normalized spacial score (nSPS) is 13.1. The number of furan rings is 1. The maximum absolute atomic E-state index is 6.60. The fourth-order valence-corrected chi connectivity index (χ4v) is 10.6. The van der Waals surface area contributed by atoms with Crippen LogP contribution in [0.15, 0.2) is 180 Å². The number of nitrogens with zero attached hydrogens (tertiary/aromatic N) is 3. The molecule has 12 rings (SSSR count). The maximum Gasteiger partial charge on any atom is 0.165 e. The summed E-state index contributed by atoms with van der Waals surface area (Å²) in [5.41, 5.74) is 14.3. The van der Waals surface area contributed by atoms with E-state index in [1.54, 1.807) is 11.3 Å². The molecule has 3 aromatic heterocycles. The molecule has 3 heterocycles. The molecule has 278 valence electrons. The molecular formula is C54H35N3OS. The molecule has 1 aliphatic rings. The number of hydrogen-bond acceptors (Lipinski definition) is 5. The van der Waals surface area contributed by atoms with E-state index in [0.717, 1.165) is 54.5 Å². The second-order valence-electron chi connectivity index (χ2n) is 15.9. The van der Waals surface area contributed by atoms with Crippen molar-refractivity contribution in [2.75, 3.05) is 0 Å². The predicted octanol–water partition coefficient (Wildman–Crippen LogP) is 14.8. The van der Waals surface area contributed by atoms with Crippen molar-refractivity contribution in [2.24, 2.45) is 0 Å². The molecule has 0 amide bonds. The Balaban J connectivity index is 1.07. The third kappa shape index (κ3) is 5.25. The van der Waals surface area contributed by atoms with E-state index in [4.69, 9.17) is 19.4 Å². The highest BCUT2D eigenvalue weighted by Crippen LogP contribution is 2.52. The number of thiophene rings is 1. The van der Waals surface area contributed by atoms with Gasteiger partial charge in [-0.15, -0.1) is 11.3 Å². The van der Waals surface area contributed by atoms with Crippen molar-refractivity contribution >= 4 is 53.4 Å². The Kier molecular flexibility index (Phi) is 7.41. The van der Waals surface area contributed by atoms with E-state index in [-0.39, 0.29) is 5.41 Å². The summed E-state index contributed by atoms with van der Waals surface area (Å²) in [4.78, 5) is 15.8. The smallest absolute Gasteiger partial charge is 0.165 e. The molecule has 11 aromatic rings. The molecule has 4 nitrogen and oxygen atoms in total. The van der Waals surface area contributed by atoms with Gasteiger partial charge in [-0.2, -0.15) is 0 Å². The average molecular weight is 774 g/mol. The van der Waals surface area contributed by atoms with E-state index in [0.29, 0.717) is 17.5 Å². The quantitative estimate of drug-likeness (QED) is 0.175. The van der Waals surface area contributed by atoms with Crippen LogP contribution < -0.4 is 0 Å². The summed E-state index contributed by atoms with van der Waals surface area (Å²) < 4.78 is 9.00. The van der Waals surface area contributed by atoms with Gasteiger partial charge in [0.05, 0.1) is 0 Å². The summed E-state index contributed by atoms with van der Waals surface area (Å²) in [6.07, 6.45) is 0. The van der Waals surface area contributed by atoms with Gasteiger partial charge in [0.2, 0.25) is 0 Å². The predicted molar refractivity (Wildman–Crippen MR) is 245 cm³/mol. The Morgan fingerprint density at radius 3 is 1.92 bits per heavy atom.